The zero-order valence-electron chi connectivity index (χ0n) is 12.3. The van der Waals surface area contributed by atoms with Crippen LogP contribution in [0, 0.1) is 0 Å². The van der Waals surface area contributed by atoms with E-state index in [-0.39, 0.29) is 0 Å². The van der Waals surface area contributed by atoms with Crippen molar-refractivity contribution in [2.24, 2.45) is 0 Å². The first kappa shape index (κ1) is 13.2. The number of morpholine rings is 1. The summed E-state index contributed by atoms with van der Waals surface area (Å²) in [7, 11) is 0. The minimum atomic E-state index is 0.754. The smallest absolute Gasteiger partial charge is 0.138 e. The van der Waals surface area contributed by atoms with Gasteiger partial charge in [-0.3, -0.25) is 4.98 Å². The van der Waals surface area contributed by atoms with E-state index in [1.807, 2.05) is 24.7 Å². The molecule has 0 spiro atoms. The van der Waals surface area contributed by atoms with Gasteiger partial charge in [-0.05, 0) is 17.0 Å². The van der Waals surface area contributed by atoms with Crippen molar-refractivity contribution >= 4 is 16.6 Å². The summed E-state index contributed by atoms with van der Waals surface area (Å²) in [4.78, 5) is 11.3. The number of benzene rings is 1. The van der Waals surface area contributed by atoms with Crippen LogP contribution in [0.2, 0.25) is 0 Å². The van der Waals surface area contributed by atoms with E-state index in [1.54, 1.807) is 0 Å². The van der Waals surface area contributed by atoms with Crippen molar-refractivity contribution in [3.63, 3.8) is 0 Å². The van der Waals surface area contributed by atoms with E-state index in [9.17, 15) is 0 Å². The van der Waals surface area contributed by atoms with Crippen LogP contribution in [0.4, 0.5) is 5.82 Å². The summed E-state index contributed by atoms with van der Waals surface area (Å²) in [5.74, 6) is 1.01. The Bertz CT molecular complexity index is 783. The summed E-state index contributed by atoms with van der Waals surface area (Å²) in [6.07, 6.45) is 5.74. The molecule has 0 N–H and O–H groups in total. The third-order valence-electron chi connectivity index (χ3n) is 4.06. The third-order valence-corrected chi connectivity index (χ3v) is 4.06. The molecule has 0 amide bonds. The molecule has 4 heteroatoms. The summed E-state index contributed by atoms with van der Waals surface area (Å²) in [6.45, 7) is 3.26. The van der Waals surface area contributed by atoms with Gasteiger partial charge in [-0.25, -0.2) is 4.98 Å². The van der Waals surface area contributed by atoms with Gasteiger partial charge in [0.15, 0.2) is 0 Å². The molecule has 2 aromatic heterocycles. The van der Waals surface area contributed by atoms with Crippen LogP contribution >= 0.6 is 0 Å². The highest BCUT2D eigenvalue weighted by atomic mass is 16.5. The molecule has 0 radical (unpaired) electrons. The fraction of sp³-hybridized carbons (Fsp3) is 0.222. The summed E-state index contributed by atoms with van der Waals surface area (Å²) in [6, 6.07) is 12.4. The summed E-state index contributed by atoms with van der Waals surface area (Å²) in [5, 5.41) is 2.29. The van der Waals surface area contributed by atoms with Crippen LogP contribution in [-0.2, 0) is 4.74 Å². The average Bonchev–Trinajstić information content (AvgIpc) is 2.62. The number of anilines is 1. The van der Waals surface area contributed by atoms with E-state index in [2.05, 4.69) is 40.2 Å². The monoisotopic (exact) mass is 291 g/mol. The van der Waals surface area contributed by atoms with E-state index in [0.29, 0.717) is 0 Å². The van der Waals surface area contributed by atoms with Gasteiger partial charge >= 0.3 is 0 Å². The number of pyridine rings is 2. The van der Waals surface area contributed by atoms with Crippen LogP contribution in [0.5, 0.6) is 0 Å². The molecule has 1 aromatic carbocycles. The van der Waals surface area contributed by atoms with Gasteiger partial charge in [0.1, 0.15) is 5.82 Å². The van der Waals surface area contributed by atoms with Crippen LogP contribution in [0.3, 0.4) is 0 Å². The maximum absolute atomic E-state index is 5.44. The van der Waals surface area contributed by atoms with E-state index in [4.69, 9.17) is 9.72 Å². The number of rotatable bonds is 2. The molecule has 1 aliphatic rings. The van der Waals surface area contributed by atoms with Crippen molar-refractivity contribution < 1.29 is 4.74 Å². The molecule has 4 rings (SSSR count). The largest absolute Gasteiger partial charge is 0.378 e. The van der Waals surface area contributed by atoms with Crippen LogP contribution in [-0.4, -0.2) is 36.3 Å². The number of hydrogen-bond acceptors (Lipinski definition) is 4. The van der Waals surface area contributed by atoms with Crippen LogP contribution in [0.25, 0.3) is 21.9 Å². The standard InChI is InChI=1S/C18H17N3O/c1-2-4-14(5-3-1)16-13-20-18(21-8-10-22-11-9-21)17-12-19-7-6-15(16)17/h1-7,12-13H,8-11H2. The highest BCUT2D eigenvalue weighted by molar-refractivity contribution is 6.01. The van der Waals surface area contributed by atoms with Crippen LogP contribution < -0.4 is 4.90 Å². The molecule has 0 aliphatic carbocycles. The van der Waals surface area contributed by atoms with Gasteiger partial charge in [0.2, 0.25) is 0 Å². The Kier molecular flexibility index (Phi) is 3.45. The first-order chi connectivity index (χ1) is 10.9. The third kappa shape index (κ3) is 2.31. The molecule has 3 heterocycles. The highest BCUT2D eigenvalue weighted by Crippen LogP contribution is 2.32. The van der Waals surface area contributed by atoms with Gasteiger partial charge in [0.25, 0.3) is 0 Å². The zero-order valence-corrected chi connectivity index (χ0v) is 12.3. The molecular weight excluding hydrogens is 274 g/mol. The molecule has 22 heavy (non-hydrogen) atoms. The van der Waals surface area contributed by atoms with Gasteiger partial charge in [-0.1, -0.05) is 30.3 Å². The van der Waals surface area contributed by atoms with Crippen molar-refractivity contribution in [1.82, 2.24) is 9.97 Å². The number of aromatic nitrogens is 2. The normalized spacial score (nSPS) is 15.2. The molecule has 4 nitrogen and oxygen atoms in total. The van der Waals surface area contributed by atoms with E-state index in [1.165, 1.54) is 10.9 Å². The molecule has 1 aliphatic heterocycles. The van der Waals surface area contributed by atoms with Crippen molar-refractivity contribution in [1.29, 1.82) is 0 Å². The van der Waals surface area contributed by atoms with Gasteiger partial charge in [0, 0.05) is 42.6 Å². The second-order valence-corrected chi connectivity index (χ2v) is 5.38. The Morgan fingerprint density at radius 3 is 2.55 bits per heavy atom. The molecule has 0 unspecified atom stereocenters. The van der Waals surface area contributed by atoms with Gasteiger partial charge < -0.3 is 9.64 Å². The first-order valence-electron chi connectivity index (χ1n) is 7.54. The predicted octanol–water partition coefficient (Wildman–Crippen LogP) is 3.13. The predicted molar refractivity (Wildman–Crippen MR) is 88.0 cm³/mol. The topological polar surface area (TPSA) is 38.2 Å². The molecule has 1 fully saturated rings. The van der Waals surface area contributed by atoms with Crippen molar-refractivity contribution in [2.75, 3.05) is 31.2 Å². The molecular formula is C18H17N3O. The summed E-state index contributed by atoms with van der Waals surface area (Å²) >= 11 is 0. The highest BCUT2D eigenvalue weighted by Gasteiger charge is 2.17. The van der Waals surface area contributed by atoms with Crippen molar-refractivity contribution in [2.45, 2.75) is 0 Å². The Morgan fingerprint density at radius 1 is 0.909 bits per heavy atom. The Balaban J connectivity index is 1.88. The number of ether oxygens (including phenoxy) is 1. The van der Waals surface area contributed by atoms with Crippen LogP contribution in [0.15, 0.2) is 55.0 Å². The van der Waals surface area contributed by atoms with E-state index >= 15 is 0 Å². The molecule has 3 aromatic rings. The number of hydrogen-bond donors (Lipinski definition) is 0. The lowest BCUT2D eigenvalue weighted by atomic mass is 10.0. The van der Waals surface area contributed by atoms with E-state index in [0.717, 1.165) is 43.1 Å². The lowest BCUT2D eigenvalue weighted by Gasteiger charge is -2.29. The summed E-state index contributed by atoms with van der Waals surface area (Å²) in [5.41, 5.74) is 2.33. The van der Waals surface area contributed by atoms with Gasteiger partial charge in [-0.15, -0.1) is 0 Å². The molecule has 0 bridgehead atoms. The minimum Gasteiger partial charge on any atom is -0.378 e. The van der Waals surface area contributed by atoms with Crippen molar-refractivity contribution in [3.8, 4) is 11.1 Å². The lowest BCUT2D eigenvalue weighted by molar-refractivity contribution is 0.122. The fourth-order valence-corrected chi connectivity index (χ4v) is 2.95. The Labute approximate surface area is 129 Å². The average molecular weight is 291 g/mol. The van der Waals surface area contributed by atoms with Gasteiger partial charge in [0.05, 0.1) is 13.2 Å². The second kappa shape index (κ2) is 5.73. The number of fused-ring (bicyclic) bond motifs is 1. The van der Waals surface area contributed by atoms with Crippen molar-refractivity contribution in [3.05, 3.63) is 55.0 Å². The van der Waals surface area contributed by atoms with E-state index < -0.39 is 0 Å². The lowest BCUT2D eigenvalue weighted by Crippen LogP contribution is -2.36. The quantitative estimate of drug-likeness (QED) is 0.727. The molecule has 110 valence electrons. The number of nitrogens with zero attached hydrogens (tertiary/aromatic N) is 3. The minimum absolute atomic E-state index is 0.754. The van der Waals surface area contributed by atoms with Crippen LogP contribution in [0.1, 0.15) is 0 Å². The maximum atomic E-state index is 5.44. The molecule has 1 saturated heterocycles. The SMILES string of the molecule is c1ccc(-c2cnc(N3CCOCC3)c3cnccc23)cc1. The van der Waals surface area contributed by atoms with Gasteiger partial charge in [-0.2, -0.15) is 0 Å². The summed E-state index contributed by atoms with van der Waals surface area (Å²) < 4.78 is 5.44. The molecule has 0 saturated carbocycles. The second-order valence-electron chi connectivity index (χ2n) is 5.38. The maximum Gasteiger partial charge on any atom is 0.138 e. The Morgan fingerprint density at radius 2 is 1.73 bits per heavy atom. The fourth-order valence-electron chi connectivity index (χ4n) is 2.95. The Hall–Kier alpha value is -2.46. The first-order valence-corrected chi connectivity index (χ1v) is 7.54. The zero-order chi connectivity index (χ0) is 14.8. The molecule has 0 atom stereocenters.